The Labute approximate surface area is 105 Å². The molecule has 0 radical (unpaired) electrons. The first kappa shape index (κ1) is 14.9. The Kier molecular flexibility index (Phi) is 7.04. The van der Waals surface area contributed by atoms with E-state index in [0.29, 0.717) is 25.1 Å². The van der Waals surface area contributed by atoms with Gasteiger partial charge >= 0.3 is 0 Å². The lowest BCUT2D eigenvalue weighted by Crippen LogP contribution is -2.42. The number of nitrogens with zero attached hydrogens (tertiary/aromatic N) is 1. The minimum absolute atomic E-state index is 0.272. The van der Waals surface area contributed by atoms with Gasteiger partial charge < -0.3 is 15.2 Å². The Bertz CT molecular complexity index is 200. The highest BCUT2D eigenvalue weighted by atomic mass is 16.5. The van der Waals surface area contributed by atoms with Crippen LogP contribution in [0, 0.1) is 5.92 Å². The molecule has 1 fully saturated rings. The van der Waals surface area contributed by atoms with Gasteiger partial charge in [0.25, 0.3) is 0 Å². The van der Waals surface area contributed by atoms with Crippen molar-refractivity contribution in [2.75, 3.05) is 39.9 Å². The van der Waals surface area contributed by atoms with E-state index in [2.05, 4.69) is 24.1 Å². The number of aliphatic hydroxyl groups is 1. The molecule has 0 aromatic heterocycles. The molecule has 1 aliphatic rings. The van der Waals surface area contributed by atoms with Crippen LogP contribution >= 0.6 is 0 Å². The maximum absolute atomic E-state index is 9.96. The van der Waals surface area contributed by atoms with E-state index in [1.165, 1.54) is 12.8 Å². The Morgan fingerprint density at radius 1 is 1.47 bits per heavy atom. The Balaban J connectivity index is 2.18. The van der Waals surface area contributed by atoms with E-state index in [1.54, 1.807) is 7.11 Å². The minimum atomic E-state index is -0.272. The maximum Gasteiger partial charge on any atom is 0.0791 e. The summed E-state index contributed by atoms with van der Waals surface area (Å²) in [7, 11) is 1.69. The molecule has 0 amide bonds. The van der Waals surface area contributed by atoms with Crippen molar-refractivity contribution < 1.29 is 9.84 Å². The van der Waals surface area contributed by atoms with Gasteiger partial charge in [0, 0.05) is 32.8 Å². The molecule has 2 atom stereocenters. The van der Waals surface area contributed by atoms with Crippen molar-refractivity contribution in [1.82, 2.24) is 10.2 Å². The zero-order valence-electron chi connectivity index (χ0n) is 11.5. The summed E-state index contributed by atoms with van der Waals surface area (Å²) in [6, 6.07) is 0.656. The van der Waals surface area contributed by atoms with Crippen LogP contribution in [0.25, 0.3) is 0 Å². The highest BCUT2D eigenvalue weighted by Crippen LogP contribution is 2.23. The van der Waals surface area contributed by atoms with Gasteiger partial charge in [0.2, 0.25) is 0 Å². The molecule has 102 valence electrons. The van der Waals surface area contributed by atoms with Crippen molar-refractivity contribution in [1.29, 1.82) is 0 Å². The summed E-state index contributed by atoms with van der Waals surface area (Å²) in [5.41, 5.74) is 0. The van der Waals surface area contributed by atoms with Gasteiger partial charge in [-0.2, -0.15) is 0 Å². The lowest BCUT2D eigenvalue weighted by molar-refractivity contribution is 0.0911. The molecule has 2 N–H and O–H groups in total. The molecule has 17 heavy (non-hydrogen) atoms. The topological polar surface area (TPSA) is 44.7 Å². The van der Waals surface area contributed by atoms with E-state index in [4.69, 9.17) is 4.74 Å². The number of likely N-dealkylation sites (tertiary alicyclic amines) is 1. The fraction of sp³-hybridized carbons (Fsp3) is 1.00. The van der Waals surface area contributed by atoms with Crippen molar-refractivity contribution in [2.24, 2.45) is 5.92 Å². The van der Waals surface area contributed by atoms with Crippen LogP contribution in [0.1, 0.15) is 26.7 Å². The lowest BCUT2D eigenvalue weighted by atomic mass is 10.0. The summed E-state index contributed by atoms with van der Waals surface area (Å²) in [6.45, 7) is 8.64. The van der Waals surface area contributed by atoms with E-state index in [-0.39, 0.29) is 6.10 Å². The molecular formula is C13H28N2O2. The molecule has 0 aromatic rings. The van der Waals surface area contributed by atoms with Crippen LogP contribution in [0.4, 0.5) is 0 Å². The van der Waals surface area contributed by atoms with Gasteiger partial charge in [-0.05, 0) is 25.3 Å². The normalized spacial score (nSPS) is 23.5. The second-order valence-corrected chi connectivity index (χ2v) is 5.30. The quantitative estimate of drug-likeness (QED) is 0.617. The lowest BCUT2D eigenvalue weighted by Gasteiger charge is -2.29. The van der Waals surface area contributed by atoms with Crippen LogP contribution in [0.2, 0.25) is 0 Å². The van der Waals surface area contributed by atoms with Crippen molar-refractivity contribution >= 4 is 0 Å². The third-order valence-corrected chi connectivity index (χ3v) is 3.49. The molecule has 4 heteroatoms. The average Bonchev–Trinajstić information content (AvgIpc) is 2.72. The van der Waals surface area contributed by atoms with Crippen molar-refractivity contribution in [3.63, 3.8) is 0 Å². The molecule has 0 saturated carbocycles. The first-order chi connectivity index (χ1) is 8.15. The van der Waals surface area contributed by atoms with Crippen LogP contribution in [-0.2, 0) is 4.74 Å². The summed E-state index contributed by atoms with van der Waals surface area (Å²) >= 11 is 0. The number of hydrogen-bond donors (Lipinski definition) is 2. The predicted octanol–water partition coefficient (Wildman–Crippen LogP) is 0.704. The number of β-amino-alcohol motifs (C(OH)–C–C–N with tert-alkyl or cyclic N) is 1. The minimum Gasteiger partial charge on any atom is -0.390 e. The van der Waals surface area contributed by atoms with Gasteiger partial charge in [-0.25, -0.2) is 0 Å². The summed E-state index contributed by atoms with van der Waals surface area (Å²) < 4.78 is 4.95. The van der Waals surface area contributed by atoms with Crippen LogP contribution in [0.5, 0.6) is 0 Å². The van der Waals surface area contributed by atoms with E-state index < -0.39 is 0 Å². The predicted molar refractivity (Wildman–Crippen MR) is 70.2 cm³/mol. The van der Waals surface area contributed by atoms with Gasteiger partial charge in [-0.3, -0.25) is 4.90 Å². The van der Waals surface area contributed by atoms with Gasteiger partial charge in [-0.15, -0.1) is 0 Å². The van der Waals surface area contributed by atoms with E-state index in [0.717, 1.165) is 19.6 Å². The van der Waals surface area contributed by atoms with Crippen LogP contribution in [-0.4, -0.2) is 62.0 Å². The number of aliphatic hydroxyl groups excluding tert-OH is 1. The van der Waals surface area contributed by atoms with E-state index in [9.17, 15) is 5.11 Å². The molecule has 0 aliphatic carbocycles. The number of ether oxygens (including phenoxy) is 1. The summed E-state index contributed by atoms with van der Waals surface area (Å²) in [5.74, 6) is 0.686. The average molecular weight is 244 g/mol. The second kappa shape index (κ2) is 8.03. The number of hydrogen-bond acceptors (Lipinski definition) is 4. The van der Waals surface area contributed by atoms with Crippen molar-refractivity contribution in [3.8, 4) is 0 Å². The zero-order valence-corrected chi connectivity index (χ0v) is 11.5. The summed E-state index contributed by atoms with van der Waals surface area (Å²) in [5, 5.41) is 13.2. The van der Waals surface area contributed by atoms with Gasteiger partial charge in [0.15, 0.2) is 0 Å². The molecule has 1 saturated heterocycles. The van der Waals surface area contributed by atoms with Crippen molar-refractivity contribution in [3.05, 3.63) is 0 Å². The molecule has 1 rings (SSSR count). The van der Waals surface area contributed by atoms with Gasteiger partial charge in [0.1, 0.15) is 0 Å². The molecule has 0 spiro atoms. The molecular weight excluding hydrogens is 216 g/mol. The Morgan fingerprint density at radius 2 is 2.24 bits per heavy atom. The van der Waals surface area contributed by atoms with Gasteiger partial charge in [0.05, 0.1) is 12.7 Å². The molecule has 0 bridgehead atoms. The first-order valence-electron chi connectivity index (χ1n) is 6.77. The Morgan fingerprint density at radius 3 is 2.88 bits per heavy atom. The van der Waals surface area contributed by atoms with E-state index in [1.807, 2.05) is 0 Å². The number of rotatable bonds is 8. The maximum atomic E-state index is 9.96. The zero-order chi connectivity index (χ0) is 12.7. The molecule has 1 aliphatic heterocycles. The van der Waals surface area contributed by atoms with Crippen LogP contribution < -0.4 is 5.32 Å². The molecule has 4 nitrogen and oxygen atoms in total. The fourth-order valence-corrected chi connectivity index (χ4v) is 2.61. The second-order valence-electron chi connectivity index (χ2n) is 5.30. The van der Waals surface area contributed by atoms with E-state index >= 15 is 0 Å². The number of nitrogens with one attached hydrogen (secondary N) is 1. The van der Waals surface area contributed by atoms with Crippen LogP contribution in [0.3, 0.4) is 0 Å². The Hall–Kier alpha value is -0.160. The first-order valence-corrected chi connectivity index (χ1v) is 6.77. The smallest absolute Gasteiger partial charge is 0.0791 e. The third kappa shape index (κ3) is 5.34. The fourth-order valence-electron chi connectivity index (χ4n) is 2.61. The molecule has 0 aromatic carbocycles. The summed E-state index contributed by atoms with van der Waals surface area (Å²) in [6.07, 6.45) is 2.28. The molecule has 1 heterocycles. The highest BCUT2D eigenvalue weighted by molar-refractivity contribution is 4.83. The molecule has 2 unspecified atom stereocenters. The largest absolute Gasteiger partial charge is 0.390 e. The SMILES string of the molecule is COCCNCC(O)CN1CCCC1C(C)C. The highest BCUT2D eigenvalue weighted by Gasteiger charge is 2.28. The third-order valence-electron chi connectivity index (χ3n) is 3.49. The van der Waals surface area contributed by atoms with Crippen molar-refractivity contribution in [2.45, 2.75) is 38.8 Å². The standard InChI is InChI=1S/C13H28N2O2/c1-11(2)13-5-4-7-15(13)10-12(16)9-14-6-8-17-3/h11-14,16H,4-10H2,1-3H3. The number of methoxy groups -OCH3 is 1. The monoisotopic (exact) mass is 244 g/mol. The van der Waals surface area contributed by atoms with Gasteiger partial charge in [-0.1, -0.05) is 13.8 Å². The van der Waals surface area contributed by atoms with Crippen LogP contribution in [0.15, 0.2) is 0 Å². The summed E-state index contributed by atoms with van der Waals surface area (Å²) in [4.78, 5) is 2.44.